The molecule has 3 rings (SSSR count). The number of ether oxygens (including phenoxy) is 1. The van der Waals surface area contributed by atoms with Crippen molar-refractivity contribution in [3.8, 4) is 0 Å². The molecular weight excluding hydrogens is 466 g/mol. The number of carbonyl (C=O) groups excluding carboxylic acids is 1. The zero-order valence-corrected chi connectivity index (χ0v) is 19.4. The van der Waals surface area contributed by atoms with Crippen LogP contribution < -0.4 is 5.56 Å². The Labute approximate surface area is 188 Å². The number of aromatic nitrogens is 2. The number of nitrogens with zero attached hydrogens (tertiary/aromatic N) is 3. The molecule has 0 saturated carbocycles. The van der Waals surface area contributed by atoms with Crippen molar-refractivity contribution in [1.82, 2.24) is 14.5 Å². The van der Waals surface area contributed by atoms with Crippen molar-refractivity contribution in [2.24, 2.45) is 0 Å². The van der Waals surface area contributed by atoms with Crippen molar-refractivity contribution in [3.05, 3.63) is 68.9 Å². The van der Waals surface area contributed by atoms with Crippen LogP contribution in [0.2, 0.25) is 0 Å². The van der Waals surface area contributed by atoms with Crippen LogP contribution in [0.4, 0.5) is 0 Å². The summed E-state index contributed by atoms with van der Waals surface area (Å²) in [5, 5.41) is 1.14. The molecule has 1 amide bonds. The summed E-state index contributed by atoms with van der Waals surface area (Å²) in [5.74, 6) is 0.191. The monoisotopic (exact) mass is 489 g/mol. The SMILES string of the molecule is COCCCn1c(SCC(=O)N(C)Cc2ccc(Br)cc2)nc2ccccc2c1=O. The van der Waals surface area contributed by atoms with Crippen molar-refractivity contribution in [3.63, 3.8) is 0 Å². The molecule has 0 atom stereocenters. The van der Waals surface area contributed by atoms with Crippen molar-refractivity contribution in [1.29, 1.82) is 0 Å². The number of amides is 1. The van der Waals surface area contributed by atoms with Gasteiger partial charge in [0, 0.05) is 38.3 Å². The number of carbonyl (C=O) groups is 1. The number of thioether (sulfide) groups is 1. The molecule has 158 valence electrons. The van der Waals surface area contributed by atoms with Crippen LogP contribution in [0.3, 0.4) is 0 Å². The fourth-order valence-corrected chi connectivity index (χ4v) is 4.24. The lowest BCUT2D eigenvalue weighted by atomic mass is 10.2. The first kappa shape index (κ1) is 22.5. The summed E-state index contributed by atoms with van der Waals surface area (Å²) in [5.41, 5.74) is 1.61. The highest BCUT2D eigenvalue weighted by Crippen LogP contribution is 2.19. The number of fused-ring (bicyclic) bond motifs is 1. The summed E-state index contributed by atoms with van der Waals surface area (Å²) in [7, 11) is 3.42. The number of methoxy groups -OCH3 is 1. The molecule has 0 radical (unpaired) electrons. The molecule has 2 aromatic carbocycles. The average Bonchev–Trinajstić information content (AvgIpc) is 2.75. The van der Waals surface area contributed by atoms with Gasteiger partial charge < -0.3 is 9.64 Å². The van der Waals surface area contributed by atoms with Gasteiger partial charge in [-0.15, -0.1) is 0 Å². The zero-order valence-electron chi connectivity index (χ0n) is 17.0. The highest BCUT2D eigenvalue weighted by molar-refractivity contribution is 9.10. The van der Waals surface area contributed by atoms with Gasteiger partial charge in [-0.3, -0.25) is 14.2 Å². The lowest BCUT2D eigenvalue weighted by molar-refractivity contribution is -0.127. The van der Waals surface area contributed by atoms with E-state index in [0.717, 1.165) is 10.0 Å². The molecule has 0 bridgehead atoms. The van der Waals surface area contributed by atoms with Crippen molar-refractivity contribution >= 4 is 44.5 Å². The first-order chi connectivity index (χ1) is 14.5. The minimum Gasteiger partial charge on any atom is -0.385 e. The lowest BCUT2D eigenvalue weighted by Gasteiger charge is -2.18. The highest BCUT2D eigenvalue weighted by atomic mass is 79.9. The van der Waals surface area contributed by atoms with Gasteiger partial charge in [0.2, 0.25) is 5.91 Å². The van der Waals surface area contributed by atoms with E-state index >= 15 is 0 Å². The quantitative estimate of drug-likeness (QED) is 0.258. The Kier molecular flexibility index (Phi) is 8.07. The van der Waals surface area contributed by atoms with Gasteiger partial charge in [-0.05, 0) is 36.2 Å². The van der Waals surface area contributed by atoms with Gasteiger partial charge >= 0.3 is 0 Å². The lowest BCUT2D eigenvalue weighted by Crippen LogP contribution is -2.29. The van der Waals surface area contributed by atoms with Crippen LogP contribution in [0.25, 0.3) is 10.9 Å². The predicted molar refractivity (Wildman–Crippen MR) is 124 cm³/mol. The van der Waals surface area contributed by atoms with Crippen molar-refractivity contribution in [2.45, 2.75) is 24.7 Å². The minimum atomic E-state index is -0.0881. The number of benzene rings is 2. The second kappa shape index (κ2) is 10.7. The van der Waals surface area contributed by atoms with Crippen LogP contribution in [0.1, 0.15) is 12.0 Å². The standard InChI is InChI=1S/C22H24BrN3O3S/c1-25(14-16-8-10-17(23)11-9-16)20(27)15-30-22-24-19-7-4-3-6-18(19)21(28)26(22)12-5-13-29-2/h3-4,6-11H,5,12-15H2,1-2H3. The van der Waals surface area contributed by atoms with E-state index in [4.69, 9.17) is 4.74 Å². The zero-order chi connectivity index (χ0) is 21.5. The summed E-state index contributed by atoms with van der Waals surface area (Å²) in [4.78, 5) is 32.0. The van der Waals surface area contributed by atoms with Gasteiger partial charge in [0.05, 0.1) is 16.7 Å². The summed E-state index contributed by atoms with van der Waals surface area (Å²) in [6.45, 7) is 1.58. The molecule has 6 nitrogen and oxygen atoms in total. The molecule has 0 aliphatic heterocycles. The molecule has 0 unspecified atom stereocenters. The number of hydrogen-bond donors (Lipinski definition) is 0. The topological polar surface area (TPSA) is 64.4 Å². The third kappa shape index (κ3) is 5.71. The minimum absolute atomic E-state index is 0.0197. The molecule has 0 spiro atoms. The summed E-state index contributed by atoms with van der Waals surface area (Å²) in [6, 6.07) is 15.2. The van der Waals surface area contributed by atoms with E-state index in [1.807, 2.05) is 42.5 Å². The van der Waals surface area contributed by atoms with Gasteiger partial charge in [0.25, 0.3) is 5.56 Å². The third-order valence-electron chi connectivity index (χ3n) is 4.64. The maximum Gasteiger partial charge on any atom is 0.262 e. The largest absolute Gasteiger partial charge is 0.385 e. The van der Waals surface area contributed by atoms with E-state index in [-0.39, 0.29) is 17.2 Å². The Morgan fingerprint density at radius 1 is 1.20 bits per heavy atom. The van der Waals surface area contributed by atoms with Crippen LogP contribution in [0, 0.1) is 0 Å². The number of halogens is 1. The Hall–Kier alpha value is -2.16. The van der Waals surface area contributed by atoms with Crippen LogP contribution in [-0.4, -0.2) is 46.9 Å². The van der Waals surface area contributed by atoms with Gasteiger partial charge in [-0.1, -0.05) is 52.0 Å². The molecule has 0 N–H and O–H groups in total. The van der Waals surface area contributed by atoms with E-state index in [9.17, 15) is 9.59 Å². The van der Waals surface area contributed by atoms with E-state index in [1.54, 1.807) is 29.7 Å². The molecular formula is C22H24BrN3O3S. The van der Waals surface area contributed by atoms with Gasteiger partial charge in [-0.2, -0.15) is 0 Å². The molecule has 3 aromatic rings. The van der Waals surface area contributed by atoms with E-state index < -0.39 is 0 Å². The van der Waals surface area contributed by atoms with Gasteiger partial charge in [0.15, 0.2) is 5.16 Å². The highest BCUT2D eigenvalue weighted by Gasteiger charge is 2.15. The van der Waals surface area contributed by atoms with Crippen LogP contribution in [0.5, 0.6) is 0 Å². The first-order valence-electron chi connectivity index (χ1n) is 9.59. The van der Waals surface area contributed by atoms with Gasteiger partial charge in [-0.25, -0.2) is 4.98 Å². The molecule has 8 heteroatoms. The predicted octanol–water partition coefficient (Wildman–Crippen LogP) is 3.95. The Bertz CT molecular complexity index is 1070. The van der Waals surface area contributed by atoms with Crippen LogP contribution >= 0.6 is 27.7 Å². The molecule has 30 heavy (non-hydrogen) atoms. The average molecular weight is 490 g/mol. The number of rotatable bonds is 9. The molecule has 0 fully saturated rings. The first-order valence-corrected chi connectivity index (χ1v) is 11.4. The second-order valence-corrected chi connectivity index (χ2v) is 8.74. The third-order valence-corrected chi connectivity index (χ3v) is 6.13. The maximum atomic E-state index is 13.0. The second-order valence-electron chi connectivity index (χ2n) is 6.88. The van der Waals surface area contributed by atoms with Crippen LogP contribution in [0.15, 0.2) is 63.0 Å². The summed E-state index contributed by atoms with van der Waals surface area (Å²) >= 11 is 4.71. The molecule has 1 heterocycles. The van der Waals surface area contributed by atoms with E-state index in [0.29, 0.717) is 42.2 Å². The molecule has 0 aliphatic carbocycles. The van der Waals surface area contributed by atoms with Crippen molar-refractivity contribution < 1.29 is 9.53 Å². The summed E-state index contributed by atoms with van der Waals surface area (Å²) < 4.78 is 7.77. The maximum absolute atomic E-state index is 13.0. The Balaban J connectivity index is 1.74. The smallest absolute Gasteiger partial charge is 0.262 e. The van der Waals surface area contributed by atoms with E-state index in [2.05, 4.69) is 20.9 Å². The Morgan fingerprint density at radius 3 is 2.67 bits per heavy atom. The molecule has 0 aliphatic rings. The Morgan fingerprint density at radius 2 is 1.93 bits per heavy atom. The normalized spacial score (nSPS) is 11.0. The fourth-order valence-electron chi connectivity index (χ4n) is 3.01. The number of para-hydroxylation sites is 1. The molecule has 1 aromatic heterocycles. The van der Waals surface area contributed by atoms with Crippen molar-refractivity contribution in [2.75, 3.05) is 26.5 Å². The number of hydrogen-bond acceptors (Lipinski definition) is 5. The fraction of sp³-hybridized carbons (Fsp3) is 0.318. The van der Waals surface area contributed by atoms with Crippen LogP contribution in [-0.2, 0) is 22.6 Å². The van der Waals surface area contributed by atoms with Gasteiger partial charge in [0.1, 0.15) is 0 Å². The molecule has 0 saturated heterocycles. The summed E-state index contributed by atoms with van der Waals surface area (Å²) in [6.07, 6.45) is 0.696. The van der Waals surface area contributed by atoms with E-state index in [1.165, 1.54) is 11.8 Å².